The first-order chi connectivity index (χ1) is 13.8. The van der Waals surface area contributed by atoms with Crippen LogP contribution in [0.3, 0.4) is 0 Å². The SMILES string of the molecule is C[Si+](C)C(C)(C)C.O=S(=O)(O[B-](Cl)(OS(=O)(=O)C(F)(F)F)OS(=O)(=O)C(F)(F)F)C(F)(F)F. The van der Waals surface area contributed by atoms with E-state index in [-0.39, 0.29) is 8.80 Å². The Morgan fingerprint density at radius 1 is 0.606 bits per heavy atom. The first-order valence-corrected chi connectivity index (χ1v) is 14.6. The van der Waals surface area contributed by atoms with Gasteiger partial charge in [0.25, 0.3) is 0 Å². The Kier molecular flexibility index (Phi) is 10.9. The van der Waals surface area contributed by atoms with Crippen LogP contribution in [-0.4, -0.2) is 56.7 Å². The van der Waals surface area contributed by atoms with Crippen molar-refractivity contribution in [2.45, 2.75) is 55.4 Å². The summed E-state index contributed by atoms with van der Waals surface area (Å²) in [6.07, 6.45) is -6.44. The van der Waals surface area contributed by atoms with Crippen molar-refractivity contribution in [1.29, 1.82) is 0 Å². The maximum atomic E-state index is 12.1. The summed E-state index contributed by atoms with van der Waals surface area (Å²) in [5, 5.41) is 0.602. The Balaban J connectivity index is 0. The summed E-state index contributed by atoms with van der Waals surface area (Å²) in [6.45, 7) is 11.6. The molecule has 0 aromatic carbocycles. The highest BCUT2D eigenvalue weighted by molar-refractivity contribution is 7.92. The smallest absolute Gasteiger partial charge is 0.411 e. The summed E-state index contributed by atoms with van der Waals surface area (Å²) in [5.41, 5.74) is -19.9. The van der Waals surface area contributed by atoms with Crippen LogP contribution in [-0.2, 0) is 42.7 Å². The minimum atomic E-state index is -7.31. The number of hydrogen-bond donors (Lipinski definition) is 0. The number of hydrogen-bond acceptors (Lipinski definition) is 9. The van der Waals surface area contributed by atoms with E-state index in [0.717, 1.165) is 0 Å². The van der Waals surface area contributed by atoms with Crippen LogP contribution >= 0.6 is 11.5 Å². The monoisotopic (exact) mass is 608 g/mol. The lowest BCUT2D eigenvalue weighted by molar-refractivity contribution is -0.0567. The molecule has 0 heterocycles. The van der Waals surface area contributed by atoms with E-state index < -0.39 is 53.0 Å². The van der Waals surface area contributed by atoms with Gasteiger partial charge in [-0.25, -0.2) is 0 Å². The molecule has 0 aliphatic heterocycles. The lowest BCUT2D eigenvalue weighted by Gasteiger charge is -2.33. The van der Waals surface area contributed by atoms with Gasteiger partial charge in [0.2, 0.25) is 0 Å². The topological polar surface area (TPSA) is 130 Å². The van der Waals surface area contributed by atoms with Gasteiger partial charge in [0.15, 0.2) is 0 Å². The molecule has 200 valence electrons. The molecule has 0 unspecified atom stereocenters. The molecule has 0 rings (SSSR count). The second-order valence-corrected chi connectivity index (χ2v) is 15.5. The Bertz CT molecular complexity index is 871. The van der Waals surface area contributed by atoms with Crippen LogP contribution in [0.15, 0.2) is 0 Å². The van der Waals surface area contributed by atoms with Gasteiger partial charge in [-0.2, -0.15) is 64.8 Å². The molecule has 33 heavy (non-hydrogen) atoms. The fourth-order valence-electron chi connectivity index (χ4n) is 0.666. The molecule has 0 saturated carbocycles. The van der Waals surface area contributed by atoms with E-state index in [9.17, 15) is 64.8 Å². The highest BCUT2D eigenvalue weighted by Gasteiger charge is 2.59. The summed E-state index contributed by atoms with van der Waals surface area (Å²) in [5.74, 6) is 0. The largest absolute Gasteiger partial charge is 0.519 e. The van der Waals surface area contributed by atoms with Crippen molar-refractivity contribution in [2.24, 2.45) is 0 Å². The second kappa shape index (κ2) is 10.3. The summed E-state index contributed by atoms with van der Waals surface area (Å²) in [4.78, 5) is 0. The zero-order chi connectivity index (χ0) is 27.7. The van der Waals surface area contributed by atoms with Gasteiger partial charge in [-0.05, 0) is 20.8 Å². The average molecular weight is 609 g/mol. The van der Waals surface area contributed by atoms with E-state index in [2.05, 4.69) is 57.6 Å². The van der Waals surface area contributed by atoms with Crippen molar-refractivity contribution < 1.29 is 77.1 Å². The van der Waals surface area contributed by atoms with Gasteiger partial charge in [0.1, 0.15) is 0 Å². The van der Waals surface area contributed by atoms with Crippen molar-refractivity contribution in [3.8, 4) is 0 Å². The van der Waals surface area contributed by atoms with Crippen molar-refractivity contribution in [1.82, 2.24) is 0 Å². The minimum Gasteiger partial charge on any atom is -0.411 e. The van der Waals surface area contributed by atoms with Crippen LogP contribution in [0.1, 0.15) is 20.8 Å². The summed E-state index contributed by atoms with van der Waals surface area (Å²) in [7, 11) is -22.0. The van der Waals surface area contributed by atoms with Crippen molar-refractivity contribution in [3.63, 3.8) is 0 Å². The molecule has 0 aliphatic rings. The van der Waals surface area contributed by atoms with Gasteiger partial charge in [-0.1, -0.05) is 0 Å². The van der Waals surface area contributed by atoms with Gasteiger partial charge in [0, 0.05) is 0 Å². The molecule has 0 aromatic heterocycles. The van der Waals surface area contributed by atoms with Crippen LogP contribution in [0, 0.1) is 0 Å². The summed E-state index contributed by atoms with van der Waals surface area (Å²) in [6, 6.07) is 0. The summed E-state index contributed by atoms with van der Waals surface area (Å²) >= 11 is 4.37. The van der Waals surface area contributed by atoms with E-state index in [1.165, 1.54) is 0 Å². The average Bonchev–Trinajstić information content (AvgIpc) is 2.40. The van der Waals surface area contributed by atoms with Gasteiger partial charge in [0.05, 0.1) is 18.1 Å². The Morgan fingerprint density at radius 3 is 0.848 bits per heavy atom. The summed E-state index contributed by atoms with van der Waals surface area (Å²) < 4.78 is 180. The lowest BCUT2D eigenvalue weighted by Crippen LogP contribution is -2.51. The molecule has 0 N–H and O–H groups in total. The van der Waals surface area contributed by atoms with Crippen LogP contribution in [0.2, 0.25) is 18.1 Å². The molecule has 0 amide bonds. The maximum absolute atomic E-state index is 12.1. The predicted octanol–water partition coefficient (Wildman–Crippen LogP) is 3.80. The third-order valence-electron chi connectivity index (χ3n) is 3.08. The normalized spacial score (nSPS) is 15.0. The molecule has 0 aromatic rings. The molecule has 9 nitrogen and oxygen atoms in total. The van der Waals surface area contributed by atoms with Gasteiger partial charge < -0.3 is 12.3 Å². The van der Waals surface area contributed by atoms with E-state index in [0.29, 0.717) is 5.04 Å². The second-order valence-electron chi connectivity index (χ2n) is 6.79. The zero-order valence-electron chi connectivity index (χ0n) is 16.8. The highest BCUT2D eigenvalue weighted by atomic mass is 35.5. The zero-order valence-corrected chi connectivity index (χ0v) is 21.0. The fraction of sp³-hybridized carbons (Fsp3) is 1.00. The molecule has 0 saturated heterocycles. The van der Waals surface area contributed by atoms with Crippen LogP contribution in [0.5, 0.6) is 0 Å². The molecule has 0 bridgehead atoms. The first kappa shape index (κ1) is 34.8. The Hall–Kier alpha value is -0.328. The van der Waals surface area contributed by atoms with Crippen molar-refractivity contribution in [3.05, 3.63) is 0 Å². The number of halogens is 10. The molecule has 0 aliphatic carbocycles. The van der Waals surface area contributed by atoms with Crippen molar-refractivity contribution >= 4 is 56.8 Å². The lowest BCUT2D eigenvalue weighted by atomic mass is 10.2. The van der Waals surface area contributed by atoms with E-state index in [4.69, 9.17) is 0 Å². The molecular weight excluding hydrogens is 594 g/mol. The van der Waals surface area contributed by atoms with E-state index in [1.807, 2.05) is 0 Å². The third kappa shape index (κ3) is 10.9. The number of alkyl halides is 9. The van der Waals surface area contributed by atoms with Crippen LogP contribution in [0.4, 0.5) is 39.5 Å². The minimum absolute atomic E-state index is 0.0502. The fourth-order valence-corrected chi connectivity index (χ4v) is 3.15. The Labute approximate surface area is 189 Å². The molecular formula is C9H15BClF9O9S3Si. The third-order valence-corrected chi connectivity index (χ3v) is 9.88. The van der Waals surface area contributed by atoms with E-state index in [1.54, 1.807) is 0 Å². The highest BCUT2D eigenvalue weighted by Crippen LogP contribution is 2.37. The van der Waals surface area contributed by atoms with Crippen molar-refractivity contribution in [2.75, 3.05) is 0 Å². The first-order valence-electron chi connectivity index (χ1n) is 7.49. The maximum Gasteiger partial charge on any atom is 0.519 e. The number of rotatable bonds is 6. The standard InChI is InChI=1S/C6H15Si.C3BClF9O9S3/c1-6(2,3)7(4)5;5-4(21-24(15,16)1(6,7)8,22-25(17,18)2(9,10)11)23-26(19,20)3(12,13)14/h1-5H3;/q+1;-1. The van der Waals surface area contributed by atoms with Gasteiger partial charge in [-0.15, -0.1) is 0 Å². The van der Waals surface area contributed by atoms with Crippen LogP contribution in [0.25, 0.3) is 0 Å². The predicted molar refractivity (Wildman–Crippen MR) is 97.0 cm³/mol. The molecule has 0 atom stereocenters. The molecule has 0 fully saturated rings. The molecule has 0 radical (unpaired) electrons. The molecule has 24 heteroatoms. The van der Waals surface area contributed by atoms with Gasteiger partial charge >= 0.3 is 61.8 Å². The quantitative estimate of drug-likeness (QED) is 0.251. The van der Waals surface area contributed by atoms with Gasteiger partial charge in [-0.3, -0.25) is 11.5 Å². The molecule has 0 spiro atoms. The Morgan fingerprint density at radius 2 is 0.758 bits per heavy atom. The van der Waals surface area contributed by atoms with E-state index >= 15 is 0 Å². The van der Waals surface area contributed by atoms with Crippen LogP contribution < -0.4 is 0 Å².